The van der Waals surface area contributed by atoms with Crippen LogP contribution < -0.4 is 10.1 Å². The maximum Gasteiger partial charge on any atom is 0.341 e. The molecule has 0 saturated heterocycles. The smallest absolute Gasteiger partial charge is 0.341 e. The van der Waals surface area contributed by atoms with Gasteiger partial charge in [0.1, 0.15) is 17.4 Å². The number of hydrogen-bond donors (Lipinski definition) is 2. The van der Waals surface area contributed by atoms with E-state index < -0.39 is 18.5 Å². The molecular weight excluding hydrogens is 562 g/mol. The van der Waals surface area contributed by atoms with E-state index in [-0.39, 0.29) is 5.57 Å². The Morgan fingerprint density at radius 2 is 1.81 bits per heavy atom. The lowest BCUT2D eigenvalue weighted by atomic mass is 10.1. The van der Waals surface area contributed by atoms with Crippen LogP contribution in [0.15, 0.2) is 48.0 Å². The van der Waals surface area contributed by atoms with Gasteiger partial charge in [-0.15, -0.1) is 0 Å². The third kappa shape index (κ3) is 5.70. The first-order chi connectivity index (χ1) is 12.4. The van der Waals surface area contributed by atoms with E-state index in [4.69, 9.17) is 9.84 Å². The minimum Gasteiger partial charge on any atom is -0.480 e. The molecule has 8 heteroatoms. The Hall–Kier alpha value is -2.13. The molecule has 0 spiro atoms. The lowest BCUT2D eigenvalue weighted by molar-refractivity contribution is -0.139. The second-order valence-corrected chi connectivity index (χ2v) is 7.31. The number of carbonyl (C=O) groups excluding carboxylic acids is 1. The Balaban J connectivity index is 2.24. The van der Waals surface area contributed by atoms with Gasteiger partial charge in [-0.1, -0.05) is 18.2 Å². The average Bonchev–Trinajstić information content (AvgIpc) is 2.59. The summed E-state index contributed by atoms with van der Waals surface area (Å²) in [6.07, 6.45) is 1.48. The molecule has 0 radical (unpaired) electrons. The van der Waals surface area contributed by atoms with Crippen LogP contribution >= 0.6 is 45.2 Å². The fourth-order valence-electron chi connectivity index (χ4n) is 1.97. The highest BCUT2D eigenvalue weighted by molar-refractivity contribution is 14.1. The number of para-hydroxylation sites is 1. The highest BCUT2D eigenvalue weighted by Gasteiger charge is 2.13. The zero-order valence-electron chi connectivity index (χ0n) is 13.2. The number of benzene rings is 2. The molecule has 0 unspecified atom stereocenters. The summed E-state index contributed by atoms with van der Waals surface area (Å²) in [5.41, 5.74) is 1.20. The summed E-state index contributed by atoms with van der Waals surface area (Å²) in [7, 11) is 0. The Kier molecular flexibility index (Phi) is 7.40. The fraction of sp³-hybridized carbons (Fsp3) is 0.0556. The number of carboxylic acids is 1. The minimum absolute atomic E-state index is 0.0420. The number of carboxylic acid groups (broad SMARTS) is 1. The van der Waals surface area contributed by atoms with Gasteiger partial charge in [0, 0.05) is 5.69 Å². The van der Waals surface area contributed by atoms with Crippen molar-refractivity contribution in [3.8, 4) is 11.8 Å². The van der Waals surface area contributed by atoms with Gasteiger partial charge in [0.15, 0.2) is 6.61 Å². The Morgan fingerprint density at radius 1 is 1.19 bits per heavy atom. The third-order valence-corrected chi connectivity index (χ3v) is 4.67. The molecule has 1 amide bonds. The number of anilines is 1. The second-order valence-electron chi connectivity index (χ2n) is 4.99. The van der Waals surface area contributed by atoms with Crippen molar-refractivity contribution < 1.29 is 19.4 Å². The molecule has 0 atom stereocenters. The highest BCUT2D eigenvalue weighted by Crippen LogP contribution is 2.30. The van der Waals surface area contributed by atoms with Crippen LogP contribution in [-0.4, -0.2) is 23.6 Å². The molecule has 0 fully saturated rings. The molecule has 0 saturated carbocycles. The number of nitriles is 1. The van der Waals surface area contributed by atoms with Gasteiger partial charge in [0.2, 0.25) is 0 Å². The third-order valence-electron chi connectivity index (χ3n) is 3.07. The van der Waals surface area contributed by atoms with Crippen molar-refractivity contribution in [1.29, 1.82) is 5.26 Å². The van der Waals surface area contributed by atoms with E-state index in [2.05, 4.69) is 5.32 Å². The van der Waals surface area contributed by atoms with Crippen molar-refractivity contribution in [2.24, 2.45) is 0 Å². The van der Waals surface area contributed by atoms with Crippen molar-refractivity contribution in [2.45, 2.75) is 0 Å². The number of halogens is 2. The van der Waals surface area contributed by atoms with Crippen LogP contribution in [0.3, 0.4) is 0 Å². The summed E-state index contributed by atoms with van der Waals surface area (Å²) in [6.45, 7) is -0.440. The normalized spacial score (nSPS) is 10.7. The van der Waals surface area contributed by atoms with Gasteiger partial charge in [-0.05, 0) is 81.1 Å². The van der Waals surface area contributed by atoms with Crippen molar-refractivity contribution >= 4 is 68.8 Å². The summed E-state index contributed by atoms with van der Waals surface area (Å²) in [5.74, 6) is -1.11. The molecule has 132 valence electrons. The Bertz CT molecular complexity index is 882. The zero-order valence-corrected chi connectivity index (χ0v) is 17.5. The summed E-state index contributed by atoms with van der Waals surface area (Å²) < 4.78 is 6.63. The first kappa shape index (κ1) is 20.2. The molecule has 2 aromatic rings. The quantitative estimate of drug-likeness (QED) is 0.310. The molecular formula is C18H12I2N2O4. The van der Waals surface area contributed by atoms with Crippen LogP contribution in [0.25, 0.3) is 6.08 Å². The molecule has 26 heavy (non-hydrogen) atoms. The van der Waals surface area contributed by atoms with E-state index in [9.17, 15) is 14.9 Å². The maximum atomic E-state index is 12.3. The minimum atomic E-state index is -1.06. The van der Waals surface area contributed by atoms with Gasteiger partial charge < -0.3 is 15.2 Å². The molecule has 0 aliphatic rings. The van der Waals surface area contributed by atoms with E-state index in [0.29, 0.717) is 24.1 Å². The van der Waals surface area contributed by atoms with E-state index in [1.165, 1.54) is 6.08 Å². The van der Waals surface area contributed by atoms with Crippen molar-refractivity contribution in [2.75, 3.05) is 11.9 Å². The first-order valence-electron chi connectivity index (χ1n) is 7.22. The Labute approximate surface area is 177 Å². The van der Waals surface area contributed by atoms with Crippen LogP contribution in [0.1, 0.15) is 5.56 Å². The lowest BCUT2D eigenvalue weighted by Gasteiger charge is -2.10. The van der Waals surface area contributed by atoms with Gasteiger partial charge in [0.05, 0.1) is 7.14 Å². The topological polar surface area (TPSA) is 99.4 Å². The first-order valence-corrected chi connectivity index (χ1v) is 9.38. The van der Waals surface area contributed by atoms with Crippen LogP contribution in [0, 0.1) is 18.5 Å². The van der Waals surface area contributed by atoms with Gasteiger partial charge in [0.25, 0.3) is 5.91 Å². The number of rotatable bonds is 6. The number of ether oxygens (including phenoxy) is 1. The molecule has 2 aromatic carbocycles. The van der Waals surface area contributed by atoms with Crippen molar-refractivity contribution in [3.63, 3.8) is 0 Å². The second kappa shape index (κ2) is 9.54. The fourth-order valence-corrected chi connectivity index (χ4v) is 4.10. The van der Waals surface area contributed by atoms with Crippen molar-refractivity contribution in [3.05, 3.63) is 60.7 Å². The highest BCUT2D eigenvalue weighted by atomic mass is 127. The van der Waals surface area contributed by atoms with E-state index >= 15 is 0 Å². The molecule has 0 aliphatic heterocycles. The number of nitrogens with zero attached hydrogens (tertiary/aromatic N) is 1. The predicted octanol–water partition coefficient (Wildman–Crippen LogP) is 3.90. The number of hydrogen-bond acceptors (Lipinski definition) is 4. The van der Waals surface area contributed by atoms with Crippen LogP contribution in [-0.2, 0) is 9.59 Å². The Morgan fingerprint density at radius 3 is 2.35 bits per heavy atom. The number of aliphatic carboxylic acids is 1. The van der Waals surface area contributed by atoms with Gasteiger partial charge >= 0.3 is 5.97 Å². The SMILES string of the molecule is N#C/C(=C/c1cc(I)c(OCC(=O)O)c(I)c1)C(=O)Nc1ccccc1. The zero-order chi connectivity index (χ0) is 19.1. The van der Waals surface area contributed by atoms with E-state index in [0.717, 1.165) is 0 Å². The van der Waals surface area contributed by atoms with E-state index in [1.54, 1.807) is 36.4 Å². The van der Waals surface area contributed by atoms with Gasteiger partial charge in [-0.25, -0.2) is 4.79 Å². The summed E-state index contributed by atoms with van der Waals surface area (Å²) in [6, 6.07) is 14.2. The van der Waals surface area contributed by atoms with Gasteiger partial charge in [-0.2, -0.15) is 5.26 Å². The molecule has 6 nitrogen and oxygen atoms in total. The lowest BCUT2D eigenvalue weighted by Crippen LogP contribution is -2.13. The summed E-state index contributed by atoms with van der Waals surface area (Å²) in [5, 5.41) is 20.7. The maximum absolute atomic E-state index is 12.3. The summed E-state index contributed by atoms with van der Waals surface area (Å²) in [4.78, 5) is 22.9. The number of carbonyl (C=O) groups is 2. The molecule has 0 heterocycles. The largest absolute Gasteiger partial charge is 0.480 e. The molecule has 2 rings (SSSR count). The molecule has 2 N–H and O–H groups in total. The molecule has 0 aliphatic carbocycles. The van der Waals surface area contributed by atoms with E-state index in [1.807, 2.05) is 57.3 Å². The summed E-state index contributed by atoms with van der Waals surface area (Å²) >= 11 is 4.04. The van der Waals surface area contributed by atoms with Gasteiger partial charge in [-0.3, -0.25) is 4.79 Å². The average molecular weight is 574 g/mol. The number of amides is 1. The molecule has 0 bridgehead atoms. The van der Waals surface area contributed by atoms with Crippen LogP contribution in [0.2, 0.25) is 0 Å². The van der Waals surface area contributed by atoms with Crippen LogP contribution in [0.4, 0.5) is 5.69 Å². The number of nitrogens with one attached hydrogen (secondary N) is 1. The standard InChI is InChI=1S/C18H12I2N2O4/c19-14-7-11(8-15(20)17(14)26-10-16(23)24)6-12(9-21)18(25)22-13-4-2-1-3-5-13/h1-8H,10H2,(H,22,25)(H,23,24)/b12-6-. The van der Waals surface area contributed by atoms with Crippen LogP contribution in [0.5, 0.6) is 5.75 Å². The molecule has 0 aromatic heterocycles. The van der Waals surface area contributed by atoms with Crippen molar-refractivity contribution in [1.82, 2.24) is 0 Å². The predicted molar refractivity (Wildman–Crippen MR) is 114 cm³/mol. The monoisotopic (exact) mass is 574 g/mol.